The van der Waals surface area contributed by atoms with Gasteiger partial charge in [-0.3, -0.25) is 0 Å². The number of benzene rings is 3. The molecule has 1 heterocycles. The zero-order valence-electron chi connectivity index (χ0n) is 17.1. The SMILES string of the molecule is Cc1cc(C(F)C(=O)O)cc(C)c1Oc1ccc2[nH]cc(Cc3ccc(F)cc3)c2c1. The van der Waals surface area contributed by atoms with E-state index in [0.717, 1.165) is 22.0 Å². The summed E-state index contributed by atoms with van der Waals surface area (Å²) < 4.78 is 33.2. The number of rotatable bonds is 6. The number of carboxylic acid groups (broad SMARTS) is 1. The molecule has 0 saturated carbocycles. The van der Waals surface area contributed by atoms with E-state index in [1.54, 1.807) is 26.0 Å². The van der Waals surface area contributed by atoms with E-state index >= 15 is 0 Å². The molecule has 1 atom stereocenters. The van der Waals surface area contributed by atoms with E-state index in [-0.39, 0.29) is 11.4 Å². The third kappa shape index (κ3) is 4.28. The van der Waals surface area contributed by atoms with Crippen LogP contribution in [-0.2, 0) is 11.2 Å². The number of ether oxygens (including phenoxy) is 1. The summed E-state index contributed by atoms with van der Waals surface area (Å²) in [5.74, 6) is -0.602. The number of carboxylic acids is 1. The van der Waals surface area contributed by atoms with Gasteiger partial charge < -0.3 is 14.8 Å². The number of carbonyl (C=O) groups is 1. The fourth-order valence-corrected chi connectivity index (χ4v) is 3.74. The van der Waals surface area contributed by atoms with Crippen LogP contribution in [0.2, 0.25) is 0 Å². The Balaban J connectivity index is 1.63. The van der Waals surface area contributed by atoms with Gasteiger partial charge in [-0.15, -0.1) is 0 Å². The molecule has 2 N–H and O–H groups in total. The van der Waals surface area contributed by atoms with Gasteiger partial charge in [-0.1, -0.05) is 12.1 Å². The number of hydrogen-bond donors (Lipinski definition) is 2. The molecule has 6 heteroatoms. The summed E-state index contributed by atoms with van der Waals surface area (Å²) in [5.41, 5.74) is 4.40. The molecule has 0 bridgehead atoms. The molecule has 0 aliphatic carbocycles. The van der Waals surface area contributed by atoms with E-state index in [9.17, 15) is 13.6 Å². The Hall–Kier alpha value is -3.67. The summed E-state index contributed by atoms with van der Waals surface area (Å²) in [6.45, 7) is 3.52. The third-order valence-electron chi connectivity index (χ3n) is 5.26. The van der Waals surface area contributed by atoms with Crippen LogP contribution in [-0.4, -0.2) is 16.1 Å². The minimum atomic E-state index is -2.07. The molecule has 0 amide bonds. The van der Waals surface area contributed by atoms with Crippen molar-refractivity contribution in [3.05, 3.63) is 94.4 Å². The average Bonchev–Trinajstić information content (AvgIpc) is 3.13. The van der Waals surface area contributed by atoms with Crippen LogP contribution < -0.4 is 4.74 Å². The summed E-state index contributed by atoms with van der Waals surface area (Å²) >= 11 is 0. The Morgan fingerprint density at radius 3 is 2.39 bits per heavy atom. The monoisotopic (exact) mass is 421 g/mol. The molecule has 0 radical (unpaired) electrons. The summed E-state index contributed by atoms with van der Waals surface area (Å²) in [6, 6.07) is 15.1. The molecule has 0 aliphatic heterocycles. The van der Waals surface area contributed by atoms with Gasteiger partial charge in [0.2, 0.25) is 6.17 Å². The highest BCUT2D eigenvalue weighted by atomic mass is 19.1. The predicted molar refractivity (Wildman–Crippen MR) is 115 cm³/mol. The van der Waals surface area contributed by atoms with Gasteiger partial charge in [0.15, 0.2) is 0 Å². The first kappa shape index (κ1) is 20.6. The molecule has 1 unspecified atom stereocenters. The standard InChI is InChI=1S/C25H21F2NO3/c1-14-9-17(23(27)25(29)30)10-15(2)24(14)31-20-7-8-22-21(12-20)18(13-28-22)11-16-3-5-19(26)6-4-16/h3-10,12-13,23,28H,11H2,1-2H3,(H,29,30). The molecule has 4 aromatic rings. The molecule has 158 valence electrons. The largest absolute Gasteiger partial charge is 0.479 e. The van der Waals surface area contributed by atoms with Gasteiger partial charge in [-0.05, 0) is 90.6 Å². The van der Waals surface area contributed by atoms with Crippen LogP contribution in [0.1, 0.15) is 34.0 Å². The van der Waals surface area contributed by atoms with E-state index < -0.39 is 12.1 Å². The van der Waals surface area contributed by atoms with E-state index in [4.69, 9.17) is 9.84 Å². The zero-order chi connectivity index (χ0) is 22.1. The number of H-pyrrole nitrogens is 1. The lowest BCUT2D eigenvalue weighted by Crippen LogP contribution is -2.07. The highest BCUT2D eigenvalue weighted by Gasteiger charge is 2.21. The van der Waals surface area contributed by atoms with Crippen LogP contribution in [0.15, 0.2) is 60.8 Å². The Bertz CT molecular complexity index is 1240. The summed E-state index contributed by atoms with van der Waals surface area (Å²) in [6.07, 6.45) is 0.497. The Labute approximate surface area is 178 Å². The fourth-order valence-electron chi connectivity index (χ4n) is 3.74. The first-order valence-corrected chi connectivity index (χ1v) is 9.82. The van der Waals surface area contributed by atoms with Crippen molar-refractivity contribution in [3.8, 4) is 11.5 Å². The number of fused-ring (bicyclic) bond motifs is 1. The van der Waals surface area contributed by atoms with Gasteiger partial charge in [0.25, 0.3) is 0 Å². The van der Waals surface area contributed by atoms with Crippen LogP contribution in [0.3, 0.4) is 0 Å². The van der Waals surface area contributed by atoms with E-state index in [1.165, 1.54) is 24.3 Å². The highest BCUT2D eigenvalue weighted by Crippen LogP contribution is 2.34. The summed E-state index contributed by atoms with van der Waals surface area (Å²) in [4.78, 5) is 14.2. The van der Waals surface area contributed by atoms with Crippen LogP contribution in [0.4, 0.5) is 8.78 Å². The molecular formula is C25H21F2NO3. The Morgan fingerprint density at radius 2 is 1.74 bits per heavy atom. The van der Waals surface area contributed by atoms with Crippen LogP contribution in [0.5, 0.6) is 11.5 Å². The number of hydrogen-bond acceptors (Lipinski definition) is 2. The van der Waals surface area contributed by atoms with Crippen LogP contribution >= 0.6 is 0 Å². The van der Waals surface area contributed by atoms with Gasteiger partial charge in [0.1, 0.15) is 17.3 Å². The Morgan fingerprint density at radius 1 is 1.06 bits per heavy atom. The van der Waals surface area contributed by atoms with E-state index in [0.29, 0.717) is 29.0 Å². The maximum absolute atomic E-state index is 13.9. The zero-order valence-corrected chi connectivity index (χ0v) is 17.1. The van der Waals surface area contributed by atoms with E-state index in [2.05, 4.69) is 4.98 Å². The molecule has 4 rings (SSSR count). The number of halogens is 2. The number of nitrogens with one attached hydrogen (secondary N) is 1. The Kier molecular flexibility index (Phi) is 5.46. The second-order valence-electron chi connectivity index (χ2n) is 7.61. The first-order valence-electron chi connectivity index (χ1n) is 9.82. The van der Waals surface area contributed by atoms with Crippen molar-refractivity contribution in [1.29, 1.82) is 0 Å². The number of aromatic amines is 1. The number of aryl methyl sites for hydroxylation is 2. The van der Waals surface area contributed by atoms with Gasteiger partial charge in [-0.2, -0.15) is 0 Å². The second-order valence-corrected chi connectivity index (χ2v) is 7.61. The molecule has 4 nitrogen and oxygen atoms in total. The topological polar surface area (TPSA) is 62.3 Å². The van der Waals surface area contributed by atoms with Crippen molar-refractivity contribution in [2.75, 3.05) is 0 Å². The number of alkyl halides is 1. The first-order chi connectivity index (χ1) is 14.8. The maximum Gasteiger partial charge on any atom is 0.343 e. The molecule has 3 aromatic carbocycles. The smallest absolute Gasteiger partial charge is 0.343 e. The molecule has 0 saturated heterocycles. The van der Waals surface area contributed by atoms with Crippen molar-refractivity contribution in [2.45, 2.75) is 26.4 Å². The quantitative estimate of drug-likeness (QED) is 0.379. The molecule has 0 spiro atoms. The lowest BCUT2D eigenvalue weighted by Gasteiger charge is -2.15. The minimum Gasteiger partial charge on any atom is -0.479 e. The number of aromatic nitrogens is 1. The summed E-state index contributed by atoms with van der Waals surface area (Å²) in [7, 11) is 0. The van der Waals surface area contributed by atoms with Crippen LogP contribution in [0, 0.1) is 19.7 Å². The van der Waals surface area contributed by atoms with Crippen molar-refractivity contribution in [2.24, 2.45) is 0 Å². The normalized spacial score (nSPS) is 12.1. The van der Waals surface area contributed by atoms with Crippen molar-refractivity contribution >= 4 is 16.9 Å². The summed E-state index contributed by atoms with van der Waals surface area (Å²) in [5, 5.41) is 9.91. The highest BCUT2D eigenvalue weighted by molar-refractivity contribution is 5.85. The minimum absolute atomic E-state index is 0.0949. The van der Waals surface area contributed by atoms with Crippen molar-refractivity contribution in [3.63, 3.8) is 0 Å². The van der Waals surface area contributed by atoms with E-state index in [1.807, 2.05) is 24.4 Å². The van der Waals surface area contributed by atoms with Gasteiger partial charge >= 0.3 is 5.97 Å². The van der Waals surface area contributed by atoms with Crippen LogP contribution in [0.25, 0.3) is 10.9 Å². The van der Waals surface area contributed by atoms with Gasteiger partial charge in [0.05, 0.1) is 0 Å². The lowest BCUT2D eigenvalue weighted by molar-refractivity contribution is -0.143. The second kappa shape index (κ2) is 8.22. The lowest BCUT2D eigenvalue weighted by atomic mass is 10.0. The molecule has 1 aromatic heterocycles. The van der Waals surface area contributed by atoms with Gasteiger partial charge in [-0.25, -0.2) is 13.6 Å². The molecule has 0 aliphatic rings. The third-order valence-corrected chi connectivity index (χ3v) is 5.26. The average molecular weight is 421 g/mol. The fraction of sp³-hybridized carbons (Fsp3) is 0.160. The van der Waals surface area contributed by atoms with Crippen molar-refractivity contribution < 1.29 is 23.4 Å². The number of aliphatic carboxylic acids is 1. The van der Waals surface area contributed by atoms with Crippen molar-refractivity contribution in [1.82, 2.24) is 4.98 Å². The predicted octanol–water partition coefficient (Wildman–Crippen LogP) is 6.40. The van der Waals surface area contributed by atoms with Gasteiger partial charge in [0, 0.05) is 17.1 Å². The molecular weight excluding hydrogens is 400 g/mol. The molecule has 31 heavy (non-hydrogen) atoms. The maximum atomic E-state index is 13.9. The molecule has 0 fully saturated rings.